The number of rotatable bonds is 5. The van der Waals surface area contributed by atoms with Crippen molar-refractivity contribution in [2.75, 3.05) is 6.54 Å². The molecule has 0 atom stereocenters. The fourth-order valence-corrected chi connectivity index (χ4v) is 1.30. The van der Waals surface area contributed by atoms with Gasteiger partial charge in [-0.2, -0.15) is 0 Å². The van der Waals surface area contributed by atoms with Crippen LogP contribution >= 0.6 is 0 Å². The van der Waals surface area contributed by atoms with Crippen LogP contribution in [0.25, 0.3) is 0 Å². The second-order valence-corrected chi connectivity index (χ2v) is 2.90. The van der Waals surface area contributed by atoms with Crippen LogP contribution in [0.15, 0.2) is 34.3 Å². The molecule has 0 radical (unpaired) electrons. The zero-order valence-electron chi connectivity index (χ0n) is 8.14. The molecule has 0 heterocycles. The quantitative estimate of drug-likeness (QED) is 0.535. The standard InChI is InChI=1S/C11H10N2O2/c14-8-12-6-5-10-3-1-2-4-11(10)7-13-9-15/h1-4H,5-7H2. The molecule has 0 unspecified atom stereocenters. The average molecular weight is 202 g/mol. The van der Waals surface area contributed by atoms with Gasteiger partial charge in [-0.25, -0.2) is 19.6 Å². The fraction of sp³-hybridized carbons (Fsp3) is 0.273. The van der Waals surface area contributed by atoms with Crippen LogP contribution in [0.4, 0.5) is 0 Å². The van der Waals surface area contributed by atoms with Gasteiger partial charge in [-0.15, -0.1) is 0 Å². The largest absolute Gasteiger partial charge is 0.235 e. The van der Waals surface area contributed by atoms with Crippen LogP contribution in [0.2, 0.25) is 0 Å². The molecule has 0 aliphatic carbocycles. The van der Waals surface area contributed by atoms with Gasteiger partial charge in [0, 0.05) is 0 Å². The molecule has 76 valence electrons. The minimum atomic E-state index is 0.324. The summed E-state index contributed by atoms with van der Waals surface area (Å²) in [6.07, 6.45) is 3.64. The Hall–Kier alpha value is -2.02. The molecule has 1 aromatic carbocycles. The van der Waals surface area contributed by atoms with E-state index >= 15 is 0 Å². The van der Waals surface area contributed by atoms with E-state index in [0.29, 0.717) is 19.5 Å². The molecule has 0 aromatic heterocycles. The smallest absolute Gasteiger partial charge is 0.211 e. The van der Waals surface area contributed by atoms with Crippen LogP contribution < -0.4 is 0 Å². The lowest BCUT2D eigenvalue weighted by Gasteiger charge is -2.03. The first-order valence-corrected chi connectivity index (χ1v) is 4.52. The topological polar surface area (TPSA) is 58.9 Å². The van der Waals surface area contributed by atoms with Crippen molar-refractivity contribution < 1.29 is 9.59 Å². The summed E-state index contributed by atoms with van der Waals surface area (Å²) in [6.45, 7) is 0.732. The highest BCUT2D eigenvalue weighted by Crippen LogP contribution is 2.10. The maximum absolute atomic E-state index is 9.99. The molecule has 1 rings (SSSR count). The lowest BCUT2D eigenvalue weighted by atomic mass is 10.0. The molecule has 0 spiro atoms. The average Bonchev–Trinajstić information content (AvgIpc) is 2.28. The summed E-state index contributed by atoms with van der Waals surface area (Å²) >= 11 is 0. The number of aliphatic imine (C=N–C) groups is 2. The summed E-state index contributed by atoms with van der Waals surface area (Å²) in [5.41, 5.74) is 2.00. The Labute approximate surface area is 87.4 Å². The molecule has 0 N–H and O–H groups in total. The Balaban J connectivity index is 2.75. The van der Waals surface area contributed by atoms with Gasteiger partial charge in [-0.05, 0) is 17.5 Å². The first-order valence-electron chi connectivity index (χ1n) is 4.52. The molecule has 1 aromatic rings. The molecule has 0 aliphatic rings. The lowest BCUT2D eigenvalue weighted by Crippen LogP contribution is -1.95. The maximum atomic E-state index is 9.99. The van der Waals surface area contributed by atoms with E-state index in [1.165, 1.54) is 12.2 Å². The van der Waals surface area contributed by atoms with Crippen molar-refractivity contribution in [1.29, 1.82) is 0 Å². The number of nitrogens with zero attached hydrogens (tertiary/aromatic N) is 2. The molecule has 0 amide bonds. The van der Waals surface area contributed by atoms with Crippen molar-refractivity contribution in [3.05, 3.63) is 35.4 Å². The first-order chi connectivity index (χ1) is 7.38. The van der Waals surface area contributed by atoms with Crippen molar-refractivity contribution in [2.45, 2.75) is 13.0 Å². The number of carbonyl (C=O) groups excluding carboxylic acids is 2. The maximum Gasteiger partial charge on any atom is 0.235 e. The molecule has 4 heteroatoms. The number of hydrogen-bond acceptors (Lipinski definition) is 4. The minimum absolute atomic E-state index is 0.324. The van der Waals surface area contributed by atoms with E-state index in [1.54, 1.807) is 0 Å². The Kier molecular flexibility index (Phi) is 4.74. The summed E-state index contributed by atoms with van der Waals surface area (Å²) in [6, 6.07) is 7.59. The lowest BCUT2D eigenvalue weighted by molar-refractivity contribution is 0.562. The van der Waals surface area contributed by atoms with Gasteiger partial charge in [0.25, 0.3) is 0 Å². The summed E-state index contributed by atoms with van der Waals surface area (Å²) in [5.74, 6) is 0. The summed E-state index contributed by atoms with van der Waals surface area (Å²) in [5, 5.41) is 0. The van der Waals surface area contributed by atoms with Crippen LogP contribution in [0.3, 0.4) is 0 Å². The zero-order chi connectivity index (χ0) is 10.9. The van der Waals surface area contributed by atoms with Crippen LogP contribution in [0, 0.1) is 0 Å². The molecule has 0 saturated carbocycles. The van der Waals surface area contributed by atoms with Crippen LogP contribution in [0.1, 0.15) is 11.1 Å². The van der Waals surface area contributed by atoms with Crippen LogP contribution in [-0.2, 0) is 22.6 Å². The predicted octanol–water partition coefficient (Wildman–Crippen LogP) is 1.40. The van der Waals surface area contributed by atoms with Crippen molar-refractivity contribution in [2.24, 2.45) is 9.98 Å². The highest BCUT2D eigenvalue weighted by molar-refractivity contribution is 5.36. The van der Waals surface area contributed by atoms with Crippen molar-refractivity contribution in [3.63, 3.8) is 0 Å². The second kappa shape index (κ2) is 6.44. The van der Waals surface area contributed by atoms with Gasteiger partial charge in [0.1, 0.15) is 0 Å². The molecular weight excluding hydrogens is 192 g/mol. The van der Waals surface area contributed by atoms with Gasteiger partial charge in [0.15, 0.2) is 0 Å². The van der Waals surface area contributed by atoms with E-state index in [0.717, 1.165) is 11.1 Å². The molecular formula is C11H10N2O2. The van der Waals surface area contributed by atoms with E-state index in [1.807, 2.05) is 24.3 Å². The van der Waals surface area contributed by atoms with Crippen LogP contribution in [0.5, 0.6) is 0 Å². The Morgan fingerprint density at radius 2 is 1.67 bits per heavy atom. The van der Waals surface area contributed by atoms with Crippen molar-refractivity contribution >= 4 is 12.2 Å². The third-order valence-corrected chi connectivity index (χ3v) is 1.99. The summed E-state index contributed by atoms with van der Waals surface area (Å²) in [7, 11) is 0. The molecule has 4 nitrogen and oxygen atoms in total. The van der Waals surface area contributed by atoms with E-state index in [9.17, 15) is 9.59 Å². The molecule has 0 fully saturated rings. The predicted molar refractivity (Wildman–Crippen MR) is 55.0 cm³/mol. The number of isocyanates is 2. The van der Waals surface area contributed by atoms with E-state index in [2.05, 4.69) is 9.98 Å². The molecule has 15 heavy (non-hydrogen) atoms. The monoisotopic (exact) mass is 202 g/mol. The third kappa shape index (κ3) is 3.69. The van der Waals surface area contributed by atoms with Gasteiger partial charge in [-0.3, -0.25) is 0 Å². The minimum Gasteiger partial charge on any atom is -0.211 e. The van der Waals surface area contributed by atoms with Crippen LogP contribution in [-0.4, -0.2) is 18.7 Å². The van der Waals surface area contributed by atoms with Gasteiger partial charge >= 0.3 is 0 Å². The normalized spacial score (nSPS) is 8.80. The second-order valence-electron chi connectivity index (χ2n) is 2.90. The highest BCUT2D eigenvalue weighted by atomic mass is 16.1. The van der Waals surface area contributed by atoms with Crippen molar-refractivity contribution in [1.82, 2.24) is 0 Å². The van der Waals surface area contributed by atoms with E-state index < -0.39 is 0 Å². The molecule has 0 bridgehead atoms. The summed E-state index contributed by atoms with van der Waals surface area (Å²) in [4.78, 5) is 26.9. The molecule has 0 aliphatic heterocycles. The number of hydrogen-bond donors (Lipinski definition) is 0. The summed E-state index contributed by atoms with van der Waals surface area (Å²) < 4.78 is 0. The molecule has 0 saturated heterocycles. The SMILES string of the molecule is O=C=NCCc1ccccc1CN=C=O. The van der Waals surface area contributed by atoms with Gasteiger partial charge < -0.3 is 0 Å². The van der Waals surface area contributed by atoms with E-state index in [-0.39, 0.29) is 0 Å². The zero-order valence-corrected chi connectivity index (χ0v) is 8.14. The van der Waals surface area contributed by atoms with Crippen molar-refractivity contribution in [3.8, 4) is 0 Å². The van der Waals surface area contributed by atoms with Gasteiger partial charge in [-0.1, -0.05) is 24.3 Å². The van der Waals surface area contributed by atoms with Gasteiger partial charge in [0.05, 0.1) is 13.1 Å². The third-order valence-electron chi connectivity index (χ3n) is 1.99. The highest BCUT2D eigenvalue weighted by Gasteiger charge is 1.99. The Morgan fingerprint density at radius 1 is 1.00 bits per heavy atom. The fourth-order valence-electron chi connectivity index (χ4n) is 1.30. The van der Waals surface area contributed by atoms with Gasteiger partial charge in [0.2, 0.25) is 12.2 Å². The first kappa shape index (κ1) is 11.1. The number of benzene rings is 1. The van der Waals surface area contributed by atoms with E-state index in [4.69, 9.17) is 0 Å². The Morgan fingerprint density at radius 3 is 2.33 bits per heavy atom. The Bertz CT molecular complexity index is 416.